The summed E-state index contributed by atoms with van der Waals surface area (Å²) < 4.78 is 11.4. The van der Waals surface area contributed by atoms with Crippen molar-refractivity contribution < 1.29 is 19.1 Å². The normalized spacial score (nSPS) is 20.4. The second-order valence-electron chi connectivity index (χ2n) is 10.4. The molecule has 202 valence electrons. The fourth-order valence-corrected chi connectivity index (χ4v) is 5.71. The maximum absolute atomic E-state index is 13.3. The Labute approximate surface area is 216 Å². The molecule has 1 aromatic rings. The third-order valence-corrected chi connectivity index (χ3v) is 7.48. The van der Waals surface area contributed by atoms with Crippen LogP contribution in [-0.2, 0) is 9.47 Å². The van der Waals surface area contributed by atoms with Gasteiger partial charge in [-0.2, -0.15) is 0 Å². The molecule has 0 aromatic heterocycles. The average Bonchev–Trinajstić information content (AvgIpc) is 2.89. The largest absolute Gasteiger partial charge is 0.447 e. The van der Waals surface area contributed by atoms with Crippen LogP contribution >= 0.6 is 0 Å². The number of amides is 3. The molecular formula is C28H46N4O4. The van der Waals surface area contributed by atoms with Gasteiger partial charge in [-0.1, -0.05) is 61.9 Å². The molecule has 3 N–H and O–H groups in total. The van der Waals surface area contributed by atoms with Crippen LogP contribution in [0.3, 0.4) is 0 Å². The average molecular weight is 503 g/mol. The Morgan fingerprint density at radius 1 is 1.08 bits per heavy atom. The van der Waals surface area contributed by atoms with Crippen LogP contribution in [0.2, 0.25) is 0 Å². The summed E-state index contributed by atoms with van der Waals surface area (Å²) in [6.07, 6.45) is 8.88. The Morgan fingerprint density at radius 2 is 1.89 bits per heavy atom. The maximum atomic E-state index is 13.3. The molecule has 0 bridgehead atoms. The van der Waals surface area contributed by atoms with Gasteiger partial charge >= 0.3 is 12.1 Å². The summed E-state index contributed by atoms with van der Waals surface area (Å²) in [5.41, 5.74) is 2.28. The van der Waals surface area contributed by atoms with Crippen LogP contribution < -0.4 is 16.0 Å². The van der Waals surface area contributed by atoms with Gasteiger partial charge in [0.25, 0.3) is 0 Å². The molecule has 8 nitrogen and oxygen atoms in total. The quantitative estimate of drug-likeness (QED) is 0.391. The molecule has 3 atom stereocenters. The summed E-state index contributed by atoms with van der Waals surface area (Å²) >= 11 is 0. The molecule has 3 rings (SSSR count). The van der Waals surface area contributed by atoms with Gasteiger partial charge in [0, 0.05) is 38.6 Å². The molecule has 8 heteroatoms. The van der Waals surface area contributed by atoms with Crippen molar-refractivity contribution in [3.63, 3.8) is 0 Å². The van der Waals surface area contributed by atoms with Gasteiger partial charge in [0.05, 0.1) is 12.7 Å². The zero-order valence-electron chi connectivity index (χ0n) is 22.4. The number of likely N-dealkylation sites (N-methyl/N-ethyl adjacent to an activating group) is 1. The molecule has 1 aliphatic heterocycles. The van der Waals surface area contributed by atoms with Crippen LogP contribution in [0.1, 0.15) is 68.6 Å². The smallest absolute Gasteiger partial charge is 0.406 e. The van der Waals surface area contributed by atoms with Crippen LogP contribution in [0.25, 0.3) is 0 Å². The van der Waals surface area contributed by atoms with Crippen LogP contribution in [0, 0.1) is 18.8 Å². The number of alkyl carbamates (subject to hydrolysis) is 1. The first-order valence-corrected chi connectivity index (χ1v) is 13.7. The summed E-state index contributed by atoms with van der Waals surface area (Å²) in [5, 5.41) is 9.05. The molecule has 1 saturated carbocycles. The van der Waals surface area contributed by atoms with Crippen LogP contribution in [0.5, 0.6) is 0 Å². The Bertz CT molecular complexity index is 814. The highest BCUT2D eigenvalue weighted by Crippen LogP contribution is 2.33. The number of hydrogen-bond acceptors (Lipinski definition) is 5. The van der Waals surface area contributed by atoms with E-state index in [9.17, 15) is 9.59 Å². The van der Waals surface area contributed by atoms with Gasteiger partial charge in [0.1, 0.15) is 6.61 Å². The number of benzene rings is 1. The number of aryl methyl sites for hydroxylation is 1. The molecule has 2 fully saturated rings. The van der Waals surface area contributed by atoms with E-state index in [-0.39, 0.29) is 30.7 Å². The molecular weight excluding hydrogens is 456 g/mol. The van der Waals surface area contributed by atoms with E-state index in [0.717, 1.165) is 37.9 Å². The van der Waals surface area contributed by atoms with Crippen LogP contribution in [0.4, 0.5) is 9.59 Å². The number of ether oxygens (including phenoxy) is 2. The molecule has 1 aromatic carbocycles. The van der Waals surface area contributed by atoms with Crippen molar-refractivity contribution in [1.29, 1.82) is 0 Å². The summed E-state index contributed by atoms with van der Waals surface area (Å²) in [6.45, 7) is 4.77. The van der Waals surface area contributed by atoms with Crippen molar-refractivity contribution in [2.24, 2.45) is 11.8 Å². The highest BCUT2D eigenvalue weighted by atomic mass is 16.6. The number of piperidine rings is 1. The first-order valence-electron chi connectivity index (χ1n) is 13.7. The Balaban J connectivity index is 1.62. The van der Waals surface area contributed by atoms with E-state index in [1.165, 1.54) is 44.7 Å². The van der Waals surface area contributed by atoms with E-state index in [1.54, 1.807) is 0 Å². The lowest BCUT2D eigenvalue weighted by Crippen LogP contribution is -2.52. The molecule has 3 amide bonds. The van der Waals surface area contributed by atoms with E-state index in [0.29, 0.717) is 19.1 Å². The molecule has 1 aliphatic carbocycles. The molecule has 1 saturated heterocycles. The van der Waals surface area contributed by atoms with Crippen molar-refractivity contribution in [1.82, 2.24) is 20.9 Å². The number of rotatable bonds is 11. The van der Waals surface area contributed by atoms with E-state index >= 15 is 0 Å². The fourth-order valence-electron chi connectivity index (χ4n) is 5.71. The lowest BCUT2D eigenvalue weighted by molar-refractivity contribution is -0.0263. The maximum Gasteiger partial charge on any atom is 0.406 e. The van der Waals surface area contributed by atoms with Crippen LogP contribution in [-0.4, -0.2) is 70.0 Å². The summed E-state index contributed by atoms with van der Waals surface area (Å²) in [5.74, 6) is 0.884. The third-order valence-electron chi connectivity index (χ3n) is 7.48. The second kappa shape index (κ2) is 15.1. The van der Waals surface area contributed by atoms with Crippen molar-refractivity contribution in [3.05, 3.63) is 35.4 Å². The minimum Gasteiger partial charge on any atom is -0.447 e. The van der Waals surface area contributed by atoms with Crippen LogP contribution in [0.15, 0.2) is 24.3 Å². The van der Waals surface area contributed by atoms with Gasteiger partial charge < -0.3 is 30.3 Å². The SMILES string of the molecule is CNCC(CC1CCCCC1)NC(=O)N1CCCC(C(OCCOC(=O)NC)c2cccc(C)c2)C1. The zero-order valence-corrected chi connectivity index (χ0v) is 22.4. The van der Waals surface area contributed by atoms with Gasteiger partial charge in [-0.25, -0.2) is 9.59 Å². The number of nitrogens with one attached hydrogen (secondary N) is 3. The first kappa shape index (κ1) is 28.3. The number of urea groups is 1. The Hall–Kier alpha value is -2.32. The topological polar surface area (TPSA) is 91.9 Å². The minimum absolute atomic E-state index is 0.0294. The van der Waals surface area contributed by atoms with Crippen molar-refractivity contribution >= 4 is 12.1 Å². The van der Waals surface area contributed by atoms with E-state index < -0.39 is 6.09 Å². The monoisotopic (exact) mass is 502 g/mol. The van der Waals surface area contributed by atoms with Gasteiger partial charge in [-0.15, -0.1) is 0 Å². The van der Waals surface area contributed by atoms with Crippen molar-refractivity contribution in [2.45, 2.75) is 70.4 Å². The molecule has 0 radical (unpaired) electrons. The number of carbonyl (C=O) groups excluding carboxylic acids is 2. The first-order chi connectivity index (χ1) is 17.5. The number of hydrogen-bond donors (Lipinski definition) is 3. The van der Waals surface area contributed by atoms with Crippen molar-refractivity contribution in [3.8, 4) is 0 Å². The number of nitrogens with zero attached hydrogens (tertiary/aromatic N) is 1. The molecule has 36 heavy (non-hydrogen) atoms. The molecule has 1 heterocycles. The van der Waals surface area contributed by atoms with E-state index in [1.807, 2.05) is 18.0 Å². The predicted molar refractivity (Wildman–Crippen MR) is 142 cm³/mol. The van der Waals surface area contributed by atoms with E-state index in [2.05, 4.69) is 41.1 Å². The van der Waals surface area contributed by atoms with Gasteiger partial charge in [0.2, 0.25) is 0 Å². The zero-order chi connectivity index (χ0) is 25.8. The Morgan fingerprint density at radius 3 is 2.61 bits per heavy atom. The number of carbonyl (C=O) groups is 2. The van der Waals surface area contributed by atoms with Gasteiger partial charge in [-0.05, 0) is 44.7 Å². The highest BCUT2D eigenvalue weighted by Gasteiger charge is 2.32. The molecule has 3 unspecified atom stereocenters. The standard InChI is InChI=1S/C28H46N4O4/c1-21-9-7-12-23(17-21)26(35-15-16-36-28(34)30-3)24-13-8-14-32(20-24)27(33)31-25(19-29-2)18-22-10-5-4-6-11-22/h7,9,12,17,22,24-26,29H,4-6,8,10-11,13-16,18-20H2,1-3H3,(H,30,34)(H,31,33). The minimum atomic E-state index is -0.462. The molecule has 2 aliphatic rings. The predicted octanol–water partition coefficient (Wildman–Crippen LogP) is 4.39. The lowest BCUT2D eigenvalue weighted by atomic mass is 9.85. The van der Waals surface area contributed by atoms with Gasteiger partial charge in [-0.3, -0.25) is 0 Å². The fraction of sp³-hybridized carbons (Fsp3) is 0.714. The van der Waals surface area contributed by atoms with Crippen molar-refractivity contribution in [2.75, 3.05) is 46.9 Å². The van der Waals surface area contributed by atoms with Gasteiger partial charge in [0.15, 0.2) is 0 Å². The lowest BCUT2D eigenvalue weighted by Gasteiger charge is -2.38. The molecule has 0 spiro atoms. The summed E-state index contributed by atoms with van der Waals surface area (Å²) in [6, 6.07) is 8.53. The summed E-state index contributed by atoms with van der Waals surface area (Å²) in [7, 11) is 3.49. The number of likely N-dealkylation sites (tertiary alicyclic amines) is 1. The van der Waals surface area contributed by atoms with E-state index in [4.69, 9.17) is 9.47 Å². The summed E-state index contributed by atoms with van der Waals surface area (Å²) in [4.78, 5) is 26.7. The third kappa shape index (κ3) is 8.96. The highest BCUT2D eigenvalue weighted by molar-refractivity contribution is 5.74. The Kier molecular flexibility index (Phi) is 11.8. The second-order valence-corrected chi connectivity index (χ2v) is 10.4.